The lowest BCUT2D eigenvalue weighted by atomic mass is 9.98. The van der Waals surface area contributed by atoms with Gasteiger partial charge in [-0.15, -0.1) is 0 Å². The van der Waals surface area contributed by atoms with E-state index in [0.717, 1.165) is 11.0 Å². The van der Waals surface area contributed by atoms with E-state index < -0.39 is 0 Å². The van der Waals surface area contributed by atoms with Crippen molar-refractivity contribution >= 4 is 27.3 Å². The monoisotopic (exact) mass is 344 g/mol. The molecule has 1 heterocycles. The average molecular weight is 345 g/mol. The maximum absolute atomic E-state index is 3.63. The molecule has 0 fully saturated rings. The van der Waals surface area contributed by atoms with Gasteiger partial charge in [-0.1, -0.05) is 40.2 Å². The van der Waals surface area contributed by atoms with Gasteiger partial charge >= 0.3 is 0 Å². The van der Waals surface area contributed by atoms with Crippen molar-refractivity contribution in [2.45, 2.75) is 25.8 Å². The maximum Gasteiger partial charge on any atom is 0.0470 e. The molecule has 0 aromatic heterocycles. The van der Waals surface area contributed by atoms with E-state index in [0.29, 0.717) is 6.04 Å². The van der Waals surface area contributed by atoms with Crippen LogP contribution in [0.15, 0.2) is 46.9 Å². The second-order valence-corrected chi connectivity index (χ2v) is 6.51. The Labute approximate surface area is 135 Å². The number of rotatable bonds is 3. The molecule has 21 heavy (non-hydrogen) atoms. The quantitative estimate of drug-likeness (QED) is 0.858. The van der Waals surface area contributed by atoms with Gasteiger partial charge < -0.3 is 10.2 Å². The van der Waals surface area contributed by atoms with Crippen LogP contribution in [-0.4, -0.2) is 13.6 Å². The Bertz CT molecular complexity index is 639. The number of nitrogens with zero attached hydrogens (tertiary/aromatic N) is 1. The Hall–Kier alpha value is -1.32. The molecule has 0 radical (unpaired) electrons. The molecule has 0 saturated heterocycles. The van der Waals surface area contributed by atoms with E-state index in [1.807, 2.05) is 7.05 Å². The molecular weight excluding hydrogens is 324 g/mol. The zero-order valence-electron chi connectivity index (χ0n) is 12.6. The van der Waals surface area contributed by atoms with E-state index in [1.54, 1.807) is 0 Å². The molecule has 0 aliphatic carbocycles. The number of para-hydroxylation sites is 1. The Morgan fingerprint density at radius 2 is 1.95 bits per heavy atom. The molecule has 0 saturated carbocycles. The van der Waals surface area contributed by atoms with Gasteiger partial charge in [-0.2, -0.15) is 0 Å². The van der Waals surface area contributed by atoms with Crippen molar-refractivity contribution in [3.05, 3.63) is 58.1 Å². The Balaban J connectivity index is 2.11. The second-order valence-electron chi connectivity index (χ2n) is 5.60. The molecule has 3 heteroatoms. The van der Waals surface area contributed by atoms with E-state index in [-0.39, 0.29) is 0 Å². The highest BCUT2D eigenvalue weighted by Gasteiger charge is 2.21. The third-order valence-electron chi connectivity index (χ3n) is 4.29. The lowest BCUT2D eigenvalue weighted by molar-refractivity contribution is 0.648. The topological polar surface area (TPSA) is 15.3 Å². The van der Waals surface area contributed by atoms with Crippen LogP contribution in [0.1, 0.15) is 30.5 Å². The van der Waals surface area contributed by atoms with Gasteiger partial charge in [-0.3, -0.25) is 0 Å². The standard InChI is InChI=1S/C18H21BrN2/c1-13(20-2)16-10-9-15(19)12-18(16)21-11-5-7-14-6-3-4-8-17(14)21/h3-4,6,8-10,12-13,20H,5,7,11H2,1-2H3. The summed E-state index contributed by atoms with van der Waals surface area (Å²) in [6, 6.07) is 15.7. The van der Waals surface area contributed by atoms with Crippen LogP contribution in [0.3, 0.4) is 0 Å². The number of halogens is 1. The number of fused-ring (bicyclic) bond motifs is 1. The van der Waals surface area contributed by atoms with E-state index in [1.165, 1.54) is 35.3 Å². The summed E-state index contributed by atoms with van der Waals surface area (Å²) < 4.78 is 1.13. The molecule has 110 valence electrons. The van der Waals surface area contributed by atoms with Crippen molar-refractivity contribution in [3.63, 3.8) is 0 Å². The van der Waals surface area contributed by atoms with E-state index >= 15 is 0 Å². The van der Waals surface area contributed by atoms with Crippen LogP contribution in [0.5, 0.6) is 0 Å². The van der Waals surface area contributed by atoms with Crippen LogP contribution >= 0.6 is 15.9 Å². The molecule has 0 bridgehead atoms. The van der Waals surface area contributed by atoms with Crippen molar-refractivity contribution in [1.82, 2.24) is 5.32 Å². The summed E-state index contributed by atoms with van der Waals surface area (Å²) in [5.74, 6) is 0. The number of anilines is 2. The van der Waals surface area contributed by atoms with Crippen molar-refractivity contribution in [2.75, 3.05) is 18.5 Å². The molecule has 1 atom stereocenters. The first-order valence-electron chi connectivity index (χ1n) is 7.53. The minimum Gasteiger partial charge on any atom is -0.341 e. The fourth-order valence-electron chi connectivity index (χ4n) is 3.06. The smallest absolute Gasteiger partial charge is 0.0470 e. The average Bonchev–Trinajstić information content (AvgIpc) is 2.53. The number of hydrogen-bond donors (Lipinski definition) is 1. The van der Waals surface area contributed by atoms with Crippen LogP contribution in [0.2, 0.25) is 0 Å². The highest BCUT2D eigenvalue weighted by Crippen LogP contribution is 2.38. The van der Waals surface area contributed by atoms with Gasteiger partial charge in [0.05, 0.1) is 0 Å². The van der Waals surface area contributed by atoms with Gasteiger partial charge in [0, 0.05) is 28.4 Å². The molecule has 0 amide bonds. The fourth-order valence-corrected chi connectivity index (χ4v) is 3.41. The van der Waals surface area contributed by atoms with E-state index in [2.05, 4.69) is 75.5 Å². The predicted molar refractivity (Wildman–Crippen MR) is 93.4 cm³/mol. The van der Waals surface area contributed by atoms with Crippen molar-refractivity contribution in [1.29, 1.82) is 0 Å². The second kappa shape index (κ2) is 6.20. The lowest BCUT2D eigenvalue weighted by Gasteiger charge is -2.34. The number of benzene rings is 2. The van der Waals surface area contributed by atoms with E-state index in [4.69, 9.17) is 0 Å². The molecule has 3 rings (SSSR count). The first-order chi connectivity index (χ1) is 10.2. The highest BCUT2D eigenvalue weighted by molar-refractivity contribution is 9.10. The van der Waals surface area contributed by atoms with Gasteiger partial charge in [-0.05, 0) is 56.1 Å². The third-order valence-corrected chi connectivity index (χ3v) is 4.79. The largest absolute Gasteiger partial charge is 0.341 e. The highest BCUT2D eigenvalue weighted by atomic mass is 79.9. The summed E-state index contributed by atoms with van der Waals surface area (Å²) in [5, 5.41) is 3.36. The van der Waals surface area contributed by atoms with Gasteiger partial charge in [0.1, 0.15) is 0 Å². The van der Waals surface area contributed by atoms with Crippen molar-refractivity contribution < 1.29 is 0 Å². The van der Waals surface area contributed by atoms with Gasteiger partial charge in [0.15, 0.2) is 0 Å². The molecule has 1 unspecified atom stereocenters. The molecular formula is C18H21BrN2. The van der Waals surface area contributed by atoms with E-state index in [9.17, 15) is 0 Å². The Morgan fingerprint density at radius 3 is 2.76 bits per heavy atom. The summed E-state index contributed by atoms with van der Waals surface area (Å²) in [7, 11) is 2.01. The van der Waals surface area contributed by atoms with Crippen molar-refractivity contribution in [3.8, 4) is 0 Å². The fraction of sp³-hybridized carbons (Fsp3) is 0.333. The zero-order valence-corrected chi connectivity index (χ0v) is 14.2. The molecule has 2 aromatic carbocycles. The minimum absolute atomic E-state index is 0.335. The summed E-state index contributed by atoms with van der Waals surface area (Å²) in [4.78, 5) is 2.47. The Morgan fingerprint density at radius 1 is 1.14 bits per heavy atom. The first kappa shape index (κ1) is 14.6. The molecule has 1 N–H and O–H groups in total. The van der Waals surface area contributed by atoms with Crippen LogP contribution in [0.25, 0.3) is 0 Å². The van der Waals surface area contributed by atoms with Gasteiger partial charge in [-0.25, -0.2) is 0 Å². The lowest BCUT2D eigenvalue weighted by Crippen LogP contribution is -2.27. The summed E-state index contributed by atoms with van der Waals surface area (Å²) in [5.41, 5.74) is 5.45. The summed E-state index contributed by atoms with van der Waals surface area (Å²) in [6.45, 7) is 3.29. The number of nitrogens with one attached hydrogen (secondary N) is 1. The third kappa shape index (κ3) is 2.85. The van der Waals surface area contributed by atoms with Gasteiger partial charge in [0.25, 0.3) is 0 Å². The van der Waals surface area contributed by atoms with Gasteiger partial charge in [0.2, 0.25) is 0 Å². The normalized spacial score (nSPS) is 15.7. The van der Waals surface area contributed by atoms with Crippen molar-refractivity contribution in [2.24, 2.45) is 0 Å². The van der Waals surface area contributed by atoms with Crippen LogP contribution in [0, 0.1) is 0 Å². The molecule has 1 aliphatic rings. The minimum atomic E-state index is 0.335. The number of hydrogen-bond acceptors (Lipinski definition) is 2. The Kier molecular flexibility index (Phi) is 4.32. The molecule has 2 nitrogen and oxygen atoms in total. The van der Waals surface area contributed by atoms with Crippen LogP contribution < -0.4 is 10.2 Å². The zero-order chi connectivity index (χ0) is 14.8. The molecule has 1 aliphatic heterocycles. The number of aryl methyl sites for hydroxylation is 1. The SMILES string of the molecule is CNC(C)c1ccc(Br)cc1N1CCCc2ccccc21. The van der Waals surface area contributed by atoms with Crippen LogP contribution in [0.4, 0.5) is 11.4 Å². The maximum atomic E-state index is 3.63. The summed E-state index contributed by atoms with van der Waals surface area (Å²) >= 11 is 3.63. The summed E-state index contributed by atoms with van der Waals surface area (Å²) in [6.07, 6.45) is 2.38. The molecule has 0 spiro atoms. The first-order valence-corrected chi connectivity index (χ1v) is 8.32. The molecule has 2 aromatic rings. The van der Waals surface area contributed by atoms with Crippen LogP contribution in [-0.2, 0) is 6.42 Å². The predicted octanol–water partition coefficient (Wildman–Crippen LogP) is 4.81.